The number of aryl methyl sites for hydroxylation is 1. The van der Waals surface area contributed by atoms with Crippen LogP contribution in [0.5, 0.6) is 11.5 Å². The molecular weight excluding hydrogens is 340 g/mol. The van der Waals surface area contributed by atoms with Gasteiger partial charge in [0.1, 0.15) is 24.7 Å². The summed E-state index contributed by atoms with van der Waals surface area (Å²) in [6, 6.07) is 13.7. The lowest BCUT2D eigenvalue weighted by Gasteiger charge is -2.13. The van der Waals surface area contributed by atoms with E-state index in [0.29, 0.717) is 19.1 Å². The van der Waals surface area contributed by atoms with Crippen LogP contribution in [-0.2, 0) is 5.88 Å². The monoisotopic (exact) mass is 354 g/mol. The summed E-state index contributed by atoms with van der Waals surface area (Å²) in [5.74, 6) is 2.14. The smallest absolute Gasteiger partial charge is 0.126 e. The van der Waals surface area contributed by atoms with Gasteiger partial charge in [-0.25, -0.2) is 0 Å². The third kappa shape index (κ3) is 4.15. The summed E-state index contributed by atoms with van der Waals surface area (Å²) < 4.78 is 12.4. The first-order valence-corrected chi connectivity index (χ1v) is 7.69. The van der Waals surface area contributed by atoms with Crippen LogP contribution in [0.3, 0.4) is 0 Å². The number of hydrogen-bond acceptors (Lipinski definition) is 2. The van der Waals surface area contributed by atoms with Gasteiger partial charge in [0.25, 0.3) is 0 Å². The Kier molecular flexibility index (Phi) is 5.74. The molecular formula is C16H16BrClO2. The molecule has 0 saturated heterocycles. The molecule has 0 atom stereocenters. The molecule has 0 N–H and O–H groups in total. The van der Waals surface area contributed by atoms with Crippen LogP contribution in [0.25, 0.3) is 0 Å². The maximum absolute atomic E-state index is 5.91. The van der Waals surface area contributed by atoms with E-state index < -0.39 is 0 Å². The molecule has 0 radical (unpaired) electrons. The summed E-state index contributed by atoms with van der Waals surface area (Å²) in [6.45, 7) is 3.00. The Bertz CT molecular complexity index is 555. The highest BCUT2D eigenvalue weighted by Crippen LogP contribution is 2.24. The molecule has 0 aromatic heterocycles. The fourth-order valence-electron chi connectivity index (χ4n) is 1.86. The van der Waals surface area contributed by atoms with Crippen molar-refractivity contribution in [1.29, 1.82) is 0 Å². The Hall–Kier alpha value is -1.19. The highest BCUT2D eigenvalue weighted by atomic mass is 79.9. The van der Waals surface area contributed by atoms with Gasteiger partial charge in [-0.05, 0) is 36.8 Å². The lowest BCUT2D eigenvalue weighted by Crippen LogP contribution is -2.10. The van der Waals surface area contributed by atoms with Gasteiger partial charge in [-0.2, -0.15) is 0 Å². The second-order valence-corrected chi connectivity index (χ2v) is 5.53. The van der Waals surface area contributed by atoms with Crippen LogP contribution in [0.4, 0.5) is 0 Å². The second kappa shape index (κ2) is 7.55. The van der Waals surface area contributed by atoms with Gasteiger partial charge in [-0.1, -0.05) is 34.1 Å². The summed E-state index contributed by atoms with van der Waals surface area (Å²) in [7, 11) is 0. The van der Waals surface area contributed by atoms with Crippen molar-refractivity contribution in [2.45, 2.75) is 12.8 Å². The van der Waals surface area contributed by atoms with Crippen molar-refractivity contribution in [3.8, 4) is 11.5 Å². The van der Waals surface area contributed by atoms with E-state index in [0.717, 1.165) is 27.1 Å². The maximum Gasteiger partial charge on any atom is 0.126 e. The molecule has 0 heterocycles. The summed E-state index contributed by atoms with van der Waals surface area (Å²) >= 11 is 9.30. The summed E-state index contributed by atoms with van der Waals surface area (Å²) in [5, 5.41) is 0. The van der Waals surface area contributed by atoms with E-state index in [9.17, 15) is 0 Å². The number of benzene rings is 2. The molecule has 0 bridgehead atoms. The third-order valence-electron chi connectivity index (χ3n) is 2.85. The zero-order chi connectivity index (χ0) is 14.4. The lowest BCUT2D eigenvalue weighted by molar-refractivity contribution is 0.215. The predicted molar refractivity (Wildman–Crippen MR) is 85.9 cm³/mol. The average molecular weight is 356 g/mol. The van der Waals surface area contributed by atoms with Crippen LogP contribution in [0.1, 0.15) is 11.1 Å². The van der Waals surface area contributed by atoms with Crippen LogP contribution >= 0.6 is 27.5 Å². The van der Waals surface area contributed by atoms with Gasteiger partial charge in [0.2, 0.25) is 0 Å². The number of alkyl halides is 1. The molecule has 0 amide bonds. The van der Waals surface area contributed by atoms with Crippen LogP contribution < -0.4 is 9.47 Å². The molecule has 0 aliphatic carbocycles. The number of halogens is 2. The quantitative estimate of drug-likeness (QED) is 0.539. The Labute approximate surface area is 132 Å². The Morgan fingerprint density at radius 1 is 1.00 bits per heavy atom. The fourth-order valence-corrected chi connectivity index (χ4v) is 2.33. The Balaban J connectivity index is 1.86. The number of ether oxygens (including phenoxy) is 2. The van der Waals surface area contributed by atoms with Gasteiger partial charge in [-0.15, -0.1) is 11.6 Å². The minimum atomic E-state index is 0.449. The molecule has 2 rings (SSSR count). The van der Waals surface area contributed by atoms with Crippen molar-refractivity contribution >= 4 is 27.5 Å². The largest absolute Gasteiger partial charge is 0.490 e. The van der Waals surface area contributed by atoms with E-state index in [2.05, 4.69) is 15.9 Å². The second-order valence-electron chi connectivity index (χ2n) is 4.35. The molecule has 2 nitrogen and oxygen atoms in total. The minimum Gasteiger partial charge on any atom is -0.490 e. The minimum absolute atomic E-state index is 0.449. The highest BCUT2D eigenvalue weighted by Gasteiger charge is 2.05. The Morgan fingerprint density at radius 3 is 2.40 bits per heavy atom. The van der Waals surface area contributed by atoms with Crippen molar-refractivity contribution < 1.29 is 9.47 Å². The first kappa shape index (κ1) is 15.2. The first-order chi connectivity index (χ1) is 9.70. The van der Waals surface area contributed by atoms with Crippen molar-refractivity contribution in [3.63, 3.8) is 0 Å². The van der Waals surface area contributed by atoms with Crippen LogP contribution in [-0.4, -0.2) is 13.2 Å². The normalized spacial score (nSPS) is 10.3. The molecule has 2 aromatic rings. The summed E-state index contributed by atoms with van der Waals surface area (Å²) in [6.07, 6.45) is 0. The third-order valence-corrected chi connectivity index (χ3v) is 3.67. The van der Waals surface area contributed by atoms with E-state index in [1.165, 1.54) is 0 Å². The number of rotatable bonds is 6. The van der Waals surface area contributed by atoms with Crippen molar-refractivity contribution in [1.82, 2.24) is 0 Å². The molecule has 0 aliphatic heterocycles. The molecule has 0 spiro atoms. The first-order valence-electron chi connectivity index (χ1n) is 6.36. The van der Waals surface area contributed by atoms with Crippen molar-refractivity contribution in [2.75, 3.05) is 13.2 Å². The SMILES string of the molecule is Cc1cccc(CCl)c1OCCOc1ccc(Br)cc1. The molecule has 4 heteroatoms. The van der Waals surface area contributed by atoms with Crippen LogP contribution in [0.15, 0.2) is 46.9 Å². The molecule has 2 aromatic carbocycles. The molecule has 20 heavy (non-hydrogen) atoms. The molecule has 0 aliphatic rings. The average Bonchev–Trinajstić information content (AvgIpc) is 2.46. The van der Waals surface area contributed by atoms with Crippen LogP contribution in [0.2, 0.25) is 0 Å². The van der Waals surface area contributed by atoms with Gasteiger partial charge in [0, 0.05) is 10.0 Å². The van der Waals surface area contributed by atoms with Gasteiger partial charge >= 0.3 is 0 Å². The number of hydrogen-bond donors (Lipinski definition) is 0. The topological polar surface area (TPSA) is 18.5 Å². The summed E-state index contributed by atoms with van der Waals surface area (Å²) in [5.41, 5.74) is 2.10. The van der Waals surface area contributed by atoms with Crippen molar-refractivity contribution in [2.24, 2.45) is 0 Å². The van der Waals surface area contributed by atoms with Gasteiger partial charge in [0.05, 0.1) is 5.88 Å². The van der Waals surface area contributed by atoms with E-state index in [1.54, 1.807) is 0 Å². The predicted octanol–water partition coefficient (Wildman–Crippen LogP) is 4.95. The van der Waals surface area contributed by atoms with Gasteiger partial charge in [-0.3, -0.25) is 0 Å². The van der Waals surface area contributed by atoms with Crippen LogP contribution in [0, 0.1) is 6.92 Å². The van der Waals surface area contributed by atoms with Crippen molar-refractivity contribution in [3.05, 3.63) is 58.1 Å². The Morgan fingerprint density at radius 2 is 1.70 bits per heavy atom. The fraction of sp³-hybridized carbons (Fsp3) is 0.250. The van der Waals surface area contributed by atoms with E-state index >= 15 is 0 Å². The summed E-state index contributed by atoms with van der Waals surface area (Å²) in [4.78, 5) is 0. The zero-order valence-corrected chi connectivity index (χ0v) is 13.6. The number of para-hydroxylation sites is 1. The molecule has 0 unspecified atom stereocenters. The van der Waals surface area contributed by atoms with E-state index in [4.69, 9.17) is 21.1 Å². The zero-order valence-electron chi connectivity index (χ0n) is 11.2. The standard InChI is InChI=1S/C16H16BrClO2/c1-12-3-2-4-13(11-18)16(12)20-10-9-19-15-7-5-14(17)6-8-15/h2-8H,9-11H2,1H3. The molecule has 0 saturated carbocycles. The maximum atomic E-state index is 5.91. The molecule has 0 fully saturated rings. The van der Waals surface area contributed by atoms with Gasteiger partial charge < -0.3 is 9.47 Å². The lowest BCUT2D eigenvalue weighted by atomic mass is 10.1. The molecule has 106 valence electrons. The van der Waals surface area contributed by atoms with E-state index in [-0.39, 0.29) is 0 Å². The highest BCUT2D eigenvalue weighted by molar-refractivity contribution is 9.10. The van der Waals surface area contributed by atoms with E-state index in [1.807, 2.05) is 49.4 Å². The van der Waals surface area contributed by atoms with Gasteiger partial charge in [0.15, 0.2) is 0 Å².